The molecule has 0 fully saturated rings. The smallest absolute Gasteiger partial charge is 0.0446 e. The van der Waals surface area contributed by atoms with Crippen LogP contribution >= 0.6 is 0 Å². The Hall–Kier alpha value is -0.760. The third kappa shape index (κ3) is 4.95. The minimum atomic E-state index is 0.462. The SMILES string of the molecule is CCCNC(C)c1cccn1CCCC(C)C. The standard InChI is InChI=1S/C15H28N2/c1-5-10-16-14(4)15-9-7-12-17(15)11-6-8-13(2)3/h7,9,12-14,16H,5-6,8,10-11H2,1-4H3. The minimum absolute atomic E-state index is 0.462. The van der Waals surface area contributed by atoms with Crippen molar-refractivity contribution >= 4 is 0 Å². The van der Waals surface area contributed by atoms with Gasteiger partial charge in [0.15, 0.2) is 0 Å². The van der Waals surface area contributed by atoms with Gasteiger partial charge in [0.25, 0.3) is 0 Å². The van der Waals surface area contributed by atoms with Crippen molar-refractivity contribution in [2.75, 3.05) is 6.54 Å². The average molecular weight is 236 g/mol. The predicted octanol–water partition coefficient (Wildman–Crippen LogP) is 3.98. The molecule has 1 N–H and O–H groups in total. The highest BCUT2D eigenvalue weighted by Crippen LogP contribution is 2.15. The lowest BCUT2D eigenvalue weighted by molar-refractivity contribution is 0.481. The normalized spacial score (nSPS) is 13.2. The summed E-state index contributed by atoms with van der Waals surface area (Å²) in [4.78, 5) is 0. The van der Waals surface area contributed by atoms with Gasteiger partial charge in [-0.3, -0.25) is 0 Å². The number of aromatic nitrogens is 1. The lowest BCUT2D eigenvalue weighted by Gasteiger charge is -2.17. The van der Waals surface area contributed by atoms with Gasteiger partial charge in [0.2, 0.25) is 0 Å². The van der Waals surface area contributed by atoms with E-state index in [1.807, 2.05) is 0 Å². The van der Waals surface area contributed by atoms with E-state index in [0.29, 0.717) is 6.04 Å². The summed E-state index contributed by atoms with van der Waals surface area (Å²) in [6.07, 6.45) is 5.99. The lowest BCUT2D eigenvalue weighted by atomic mass is 10.1. The number of rotatable bonds is 8. The fourth-order valence-corrected chi connectivity index (χ4v) is 2.16. The Bertz CT molecular complexity index is 302. The lowest BCUT2D eigenvalue weighted by Crippen LogP contribution is -2.21. The fourth-order valence-electron chi connectivity index (χ4n) is 2.16. The molecule has 0 aliphatic carbocycles. The molecule has 0 aliphatic rings. The van der Waals surface area contributed by atoms with Gasteiger partial charge in [-0.05, 0) is 50.8 Å². The summed E-state index contributed by atoms with van der Waals surface area (Å²) in [5, 5.41) is 3.55. The van der Waals surface area contributed by atoms with Crippen molar-refractivity contribution in [3.63, 3.8) is 0 Å². The van der Waals surface area contributed by atoms with E-state index in [2.05, 4.69) is 55.9 Å². The van der Waals surface area contributed by atoms with Gasteiger partial charge in [0, 0.05) is 24.5 Å². The first kappa shape index (κ1) is 14.3. The average Bonchev–Trinajstić information content (AvgIpc) is 2.73. The molecule has 1 aromatic heterocycles. The molecule has 0 radical (unpaired) electrons. The molecule has 1 atom stereocenters. The minimum Gasteiger partial charge on any atom is -0.350 e. The van der Waals surface area contributed by atoms with E-state index in [-0.39, 0.29) is 0 Å². The van der Waals surface area contributed by atoms with Gasteiger partial charge in [-0.1, -0.05) is 20.8 Å². The van der Waals surface area contributed by atoms with Crippen molar-refractivity contribution in [1.29, 1.82) is 0 Å². The van der Waals surface area contributed by atoms with Crippen LogP contribution < -0.4 is 5.32 Å². The Labute approximate surface area is 106 Å². The third-order valence-corrected chi connectivity index (χ3v) is 3.19. The predicted molar refractivity (Wildman–Crippen MR) is 75.2 cm³/mol. The van der Waals surface area contributed by atoms with Gasteiger partial charge in [-0.15, -0.1) is 0 Å². The molecule has 1 aromatic rings. The van der Waals surface area contributed by atoms with Crippen molar-refractivity contribution in [2.24, 2.45) is 5.92 Å². The van der Waals surface area contributed by atoms with Crippen LogP contribution in [0.2, 0.25) is 0 Å². The maximum absolute atomic E-state index is 3.55. The molecule has 0 bridgehead atoms. The molecule has 17 heavy (non-hydrogen) atoms. The number of hydrogen-bond acceptors (Lipinski definition) is 1. The van der Waals surface area contributed by atoms with Crippen LogP contribution in [-0.4, -0.2) is 11.1 Å². The Morgan fingerprint density at radius 3 is 2.71 bits per heavy atom. The largest absolute Gasteiger partial charge is 0.350 e. The maximum atomic E-state index is 3.55. The highest BCUT2D eigenvalue weighted by molar-refractivity contribution is 5.11. The van der Waals surface area contributed by atoms with Gasteiger partial charge in [-0.25, -0.2) is 0 Å². The Balaban J connectivity index is 2.47. The summed E-state index contributed by atoms with van der Waals surface area (Å²) in [6.45, 7) is 11.3. The third-order valence-electron chi connectivity index (χ3n) is 3.19. The molecule has 0 aromatic carbocycles. The van der Waals surface area contributed by atoms with Gasteiger partial charge in [0.1, 0.15) is 0 Å². The topological polar surface area (TPSA) is 17.0 Å². The van der Waals surface area contributed by atoms with E-state index in [1.54, 1.807) is 0 Å². The molecular weight excluding hydrogens is 208 g/mol. The first-order valence-corrected chi connectivity index (χ1v) is 7.03. The van der Waals surface area contributed by atoms with Crippen molar-refractivity contribution < 1.29 is 0 Å². The zero-order valence-electron chi connectivity index (χ0n) is 11.9. The first-order chi connectivity index (χ1) is 8.15. The van der Waals surface area contributed by atoms with E-state index >= 15 is 0 Å². The van der Waals surface area contributed by atoms with Gasteiger partial charge < -0.3 is 9.88 Å². The summed E-state index contributed by atoms with van der Waals surface area (Å²) in [7, 11) is 0. The molecule has 2 nitrogen and oxygen atoms in total. The first-order valence-electron chi connectivity index (χ1n) is 7.03. The Kier molecular flexibility index (Phi) is 6.35. The van der Waals surface area contributed by atoms with E-state index < -0.39 is 0 Å². The maximum Gasteiger partial charge on any atom is 0.0446 e. The molecule has 1 unspecified atom stereocenters. The highest BCUT2D eigenvalue weighted by atomic mass is 15.0. The van der Waals surface area contributed by atoms with Crippen molar-refractivity contribution in [3.8, 4) is 0 Å². The van der Waals surface area contributed by atoms with Gasteiger partial charge in [0.05, 0.1) is 0 Å². The van der Waals surface area contributed by atoms with Crippen molar-refractivity contribution in [1.82, 2.24) is 9.88 Å². The second-order valence-corrected chi connectivity index (χ2v) is 5.34. The van der Waals surface area contributed by atoms with Crippen LogP contribution in [0.5, 0.6) is 0 Å². The molecule has 2 heteroatoms. The highest BCUT2D eigenvalue weighted by Gasteiger charge is 2.08. The van der Waals surface area contributed by atoms with Crippen molar-refractivity contribution in [3.05, 3.63) is 24.0 Å². The summed E-state index contributed by atoms with van der Waals surface area (Å²) in [5.74, 6) is 0.810. The molecule has 1 rings (SSSR count). The van der Waals surface area contributed by atoms with E-state index in [0.717, 1.165) is 19.0 Å². The molecule has 1 heterocycles. The zero-order chi connectivity index (χ0) is 12.7. The fraction of sp³-hybridized carbons (Fsp3) is 0.733. The monoisotopic (exact) mass is 236 g/mol. The van der Waals surface area contributed by atoms with E-state index in [9.17, 15) is 0 Å². The summed E-state index contributed by atoms with van der Waals surface area (Å²) >= 11 is 0. The van der Waals surface area contributed by atoms with Crippen LogP contribution in [0.4, 0.5) is 0 Å². The van der Waals surface area contributed by atoms with E-state index in [4.69, 9.17) is 0 Å². The quantitative estimate of drug-likeness (QED) is 0.722. The van der Waals surface area contributed by atoms with Gasteiger partial charge >= 0.3 is 0 Å². The van der Waals surface area contributed by atoms with E-state index in [1.165, 1.54) is 25.0 Å². The molecule has 0 amide bonds. The number of nitrogens with zero attached hydrogens (tertiary/aromatic N) is 1. The van der Waals surface area contributed by atoms with Crippen molar-refractivity contribution in [2.45, 2.75) is 59.5 Å². The molecular formula is C15H28N2. The van der Waals surface area contributed by atoms with Gasteiger partial charge in [-0.2, -0.15) is 0 Å². The number of aryl methyl sites for hydroxylation is 1. The van der Waals surface area contributed by atoms with Crippen LogP contribution in [0, 0.1) is 5.92 Å². The van der Waals surface area contributed by atoms with Crippen LogP contribution in [0.3, 0.4) is 0 Å². The van der Waals surface area contributed by atoms with Crippen LogP contribution in [0.1, 0.15) is 58.7 Å². The molecule has 98 valence electrons. The van der Waals surface area contributed by atoms with Crippen LogP contribution in [0.15, 0.2) is 18.3 Å². The molecule has 0 saturated carbocycles. The van der Waals surface area contributed by atoms with Crippen LogP contribution in [0.25, 0.3) is 0 Å². The zero-order valence-corrected chi connectivity index (χ0v) is 11.9. The number of nitrogens with one attached hydrogen (secondary N) is 1. The molecule has 0 saturated heterocycles. The Morgan fingerprint density at radius 1 is 1.29 bits per heavy atom. The van der Waals surface area contributed by atoms with Crippen LogP contribution in [-0.2, 0) is 6.54 Å². The summed E-state index contributed by atoms with van der Waals surface area (Å²) < 4.78 is 2.40. The summed E-state index contributed by atoms with van der Waals surface area (Å²) in [5.41, 5.74) is 1.42. The number of hydrogen-bond donors (Lipinski definition) is 1. The second kappa shape index (κ2) is 7.54. The summed E-state index contributed by atoms with van der Waals surface area (Å²) in [6, 6.07) is 4.86. The second-order valence-electron chi connectivity index (χ2n) is 5.34. The molecule has 0 spiro atoms. The Morgan fingerprint density at radius 2 is 2.06 bits per heavy atom. The molecule has 0 aliphatic heterocycles.